The lowest BCUT2D eigenvalue weighted by molar-refractivity contribution is -0.128. The Balaban J connectivity index is 1.56. The van der Waals surface area contributed by atoms with Crippen molar-refractivity contribution in [2.24, 2.45) is 0 Å². The van der Waals surface area contributed by atoms with Gasteiger partial charge in [-0.1, -0.05) is 19.6 Å². The largest absolute Gasteiger partial charge is 0.364 e. The van der Waals surface area contributed by atoms with Crippen LogP contribution >= 0.6 is 11.8 Å². The zero-order chi connectivity index (χ0) is 19.0. The van der Waals surface area contributed by atoms with Gasteiger partial charge in [0.1, 0.15) is 12.4 Å². The second-order valence-electron chi connectivity index (χ2n) is 7.64. The molecular weight excluding hydrogens is 358 g/mol. The fraction of sp³-hybridized carbons (Fsp3) is 0.550. The van der Waals surface area contributed by atoms with Gasteiger partial charge in [0, 0.05) is 36.5 Å². The fourth-order valence-electron chi connectivity index (χ4n) is 3.51. The van der Waals surface area contributed by atoms with Gasteiger partial charge in [-0.25, -0.2) is 4.98 Å². The molecule has 144 valence electrons. The van der Waals surface area contributed by atoms with Crippen molar-refractivity contribution in [2.75, 3.05) is 35.6 Å². The van der Waals surface area contributed by atoms with Crippen LogP contribution in [-0.2, 0) is 11.2 Å². The van der Waals surface area contributed by atoms with Crippen molar-refractivity contribution in [2.45, 2.75) is 50.0 Å². The van der Waals surface area contributed by atoms with Gasteiger partial charge in [-0.2, -0.15) is 4.98 Å². The van der Waals surface area contributed by atoms with Gasteiger partial charge in [-0.15, -0.1) is 11.8 Å². The summed E-state index contributed by atoms with van der Waals surface area (Å²) in [7, 11) is 0. The minimum atomic E-state index is 0.0722. The van der Waals surface area contributed by atoms with Gasteiger partial charge in [-0.05, 0) is 32.3 Å². The van der Waals surface area contributed by atoms with Crippen LogP contribution in [0.5, 0.6) is 0 Å². The highest BCUT2D eigenvalue weighted by Crippen LogP contribution is 2.43. The first-order chi connectivity index (χ1) is 13.0. The third-order valence-corrected chi connectivity index (χ3v) is 6.49. The van der Waals surface area contributed by atoms with Gasteiger partial charge in [0.25, 0.3) is 0 Å². The number of allylic oxidation sites excluding steroid dienone is 2. The molecule has 1 N–H and O–H groups in total. The molecule has 1 aromatic rings. The molecule has 1 saturated heterocycles. The topological polar surface area (TPSA) is 61.4 Å². The highest BCUT2D eigenvalue weighted by Gasteiger charge is 2.39. The summed E-state index contributed by atoms with van der Waals surface area (Å²) in [6, 6.07) is 0. The lowest BCUT2D eigenvalue weighted by atomic mass is 10.2. The fourth-order valence-corrected chi connectivity index (χ4v) is 4.56. The number of hydrogen-bond acceptors (Lipinski definition) is 6. The van der Waals surface area contributed by atoms with Crippen molar-refractivity contribution in [3.63, 3.8) is 0 Å². The minimum Gasteiger partial charge on any atom is -0.364 e. The molecule has 1 aromatic heterocycles. The first kappa shape index (κ1) is 18.3. The first-order valence-electron chi connectivity index (χ1n) is 9.73. The molecule has 7 heteroatoms. The van der Waals surface area contributed by atoms with Gasteiger partial charge in [0.15, 0.2) is 0 Å². The van der Waals surface area contributed by atoms with E-state index in [1.807, 2.05) is 27.6 Å². The highest BCUT2D eigenvalue weighted by molar-refractivity contribution is 7.99. The number of amides is 1. The molecule has 0 bridgehead atoms. The molecule has 0 radical (unpaired) electrons. The monoisotopic (exact) mass is 385 g/mol. The van der Waals surface area contributed by atoms with E-state index in [4.69, 9.17) is 9.97 Å². The molecular formula is C20H27N5OS. The van der Waals surface area contributed by atoms with Crippen LogP contribution in [0.25, 0.3) is 0 Å². The predicted octanol–water partition coefficient (Wildman–Crippen LogP) is 3.22. The number of nitrogens with one attached hydrogen (secondary N) is 1. The van der Waals surface area contributed by atoms with E-state index in [1.165, 1.54) is 17.7 Å². The van der Waals surface area contributed by atoms with E-state index in [2.05, 4.69) is 25.7 Å². The molecule has 3 aliphatic rings. The Labute approximate surface area is 165 Å². The summed E-state index contributed by atoms with van der Waals surface area (Å²) in [4.78, 5) is 27.4. The molecule has 1 saturated carbocycles. The average Bonchev–Trinajstić information content (AvgIpc) is 3.18. The lowest BCUT2D eigenvalue weighted by Gasteiger charge is -2.35. The third-order valence-electron chi connectivity index (χ3n) is 5.37. The summed E-state index contributed by atoms with van der Waals surface area (Å²) in [5, 5.41) is 3.62. The smallest absolute Gasteiger partial charge is 0.246 e. The number of anilines is 2. The van der Waals surface area contributed by atoms with Gasteiger partial charge < -0.3 is 15.1 Å². The summed E-state index contributed by atoms with van der Waals surface area (Å²) in [5.74, 6) is 2.75. The number of aromatic nitrogens is 2. The molecule has 0 unspecified atom stereocenters. The number of nitrogens with zero attached hydrogens (tertiary/aromatic N) is 4. The van der Waals surface area contributed by atoms with Crippen molar-refractivity contribution < 1.29 is 4.79 Å². The maximum absolute atomic E-state index is 12.7. The first-order valence-corrected chi connectivity index (χ1v) is 10.7. The minimum absolute atomic E-state index is 0.0722. The summed E-state index contributed by atoms with van der Waals surface area (Å²) >= 11 is 1.83. The van der Waals surface area contributed by atoms with Gasteiger partial charge >= 0.3 is 0 Å². The van der Waals surface area contributed by atoms with Crippen LogP contribution in [0.1, 0.15) is 38.8 Å². The van der Waals surface area contributed by atoms with E-state index >= 15 is 0 Å². The van der Waals surface area contributed by atoms with E-state index in [0.29, 0.717) is 19.0 Å². The zero-order valence-electron chi connectivity index (χ0n) is 16.1. The Bertz CT molecular complexity index is 802. The van der Waals surface area contributed by atoms with E-state index < -0.39 is 0 Å². The number of hydrogen-bond donors (Lipinski definition) is 1. The van der Waals surface area contributed by atoms with E-state index in [0.717, 1.165) is 42.3 Å². The molecule has 2 fully saturated rings. The average molecular weight is 386 g/mol. The number of aryl methyl sites for hydroxylation is 1. The van der Waals surface area contributed by atoms with Crippen LogP contribution in [-0.4, -0.2) is 51.7 Å². The Morgan fingerprint density at radius 3 is 2.85 bits per heavy atom. The number of thioether (sulfide) groups is 1. The highest BCUT2D eigenvalue weighted by atomic mass is 32.2. The van der Waals surface area contributed by atoms with Crippen molar-refractivity contribution in [1.29, 1.82) is 0 Å². The molecule has 1 amide bonds. The molecule has 2 aliphatic heterocycles. The van der Waals surface area contributed by atoms with Crippen molar-refractivity contribution in [1.82, 2.24) is 14.9 Å². The van der Waals surface area contributed by atoms with Crippen LogP contribution < -0.4 is 10.2 Å². The van der Waals surface area contributed by atoms with Crippen LogP contribution in [0.2, 0.25) is 0 Å². The quantitative estimate of drug-likeness (QED) is 0.759. The predicted molar refractivity (Wildman–Crippen MR) is 110 cm³/mol. The summed E-state index contributed by atoms with van der Waals surface area (Å²) in [6.07, 6.45) is 8.01. The van der Waals surface area contributed by atoms with Gasteiger partial charge in [0.2, 0.25) is 11.9 Å². The molecule has 6 nitrogen and oxygen atoms in total. The molecule has 0 spiro atoms. The van der Waals surface area contributed by atoms with Crippen molar-refractivity contribution >= 4 is 29.4 Å². The Hall–Kier alpha value is -2.02. The van der Waals surface area contributed by atoms with Gasteiger partial charge in [0.05, 0.1) is 10.6 Å². The van der Waals surface area contributed by atoms with Crippen molar-refractivity contribution in [3.8, 4) is 0 Å². The SMILES string of the molecule is C=C/C(=C\CC)N1CCN(c2nc3c(c(NC4(C)CC4)n2)SCC3)CC1=O. The number of piperazine rings is 1. The van der Waals surface area contributed by atoms with Crippen LogP contribution in [0.3, 0.4) is 0 Å². The van der Waals surface area contributed by atoms with Crippen LogP contribution in [0.4, 0.5) is 11.8 Å². The summed E-state index contributed by atoms with van der Waals surface area (Å²) in [6.45, 7) is 9.81. The molecule has 4 rings (SSSR count). The molecule has 1 aliphatic carbocycles. The van der Waals surface area contributed by atoms with E-state index in [1.54, 1.807) is 6.08 Å². The Morgan fingerprint density at radius 1 is 1.37 bits per heavy atom. The normalized spacial score (nSPS) is 21.3. The number of rotatable bonds is 6. The molecule has 0 aromatic carbocycles. The Morgan fingerprint density at radius 2 is 2.19 bits per heavy atom. The van der Waals surface area contributed by atoms with E-state index in [-0.39, 0.29) is 11.4 Å². The maximum atomic E-state index is 12.7. The van der Waals surface area contributed by atoms with Crippen LogP contribution in [0, 0.1) is 0 Å². The lowest BCUT2D eigenvalue weighted by Crippen LogP contribution is -2.50. The van der Waals surface area contributed by atoms with E-state index in [9.17, 15) is 4.79 Å². The number of carbonyl (C=O) groups excluding carboxylic acids is 1. The summed E-state index contributed by atoms with van der Waals surface area (Å²) in [5.41, 5.74) is 2.18. The molecule has 27 heavy (non-hydrogen) atoms. The number of carbonyl (C=O) groups is 1. The number of fused-ring (bicyclic) bond motifs is 1. The van der Waals surface area contributed by atoms with Gasteiger partial charge in [-0.3, -0.25) is 4.79 Å². The zero-order valence-corrected chi connectivity index (χ0v) is 16.9. The van der Waals surface area contributed by atoms with Crippen molar-refractivity contribution in [3.05, 3.63) is 30.1 Å². The third kappa shape index (κ3) is 3.70. The second-order valence-corrected chi connectivity index (χ2v) is 8.75. The van der Waals surface area contributed by atoms with Crippen LogP contribution in [0.15, 0.2) is 29.3 Å². The summed E-state index contributed by atoms with van der Waals surface area (Å²) < 4.78 is 0. The Kier molecular flexibility index (Phi) is 4.88. The second kappa shape index (κ2) is 7.19. The molecule has 0 atom stereocenters. The standard InChI is InChI=1S/C20H27N5OS/c1-4-6-14(5-2)25-11-10-24(13-16(25)26)19-21-15-7-12-27-17(15)18(22-19)23-20(3)8-9-20/h5-6H,2,4,7-13H2,1,3H3,(H,21,22,23)/b14-6+. The molecule has 3 heterocycles. The maximum Gasteiger partial charge on any atom is 0.246 e.